The number of rotatable bonds is 4. The third-order valence-corrected chi connectivity index (χ3v) is 7.64. The summed E-state index contributed by atoms with van der Waals surface area (Å²) < 4.78 is 41.0. The standard InChI is InChI=1S/C20H13ClFN3O5S2/c21-15-7-8-16(31-15)32(29,30)25-20(28)23-10-5-6-11(13(22)9-10)17-18(26)12-3-1-2-4-14(12)24-19(17)27/h1-9,17H,(H,24,27)(H2,23,25,28). The Morgan fingerprint density at radius 2 is 1.84 bits per heavy atom. The van der Waals surface area contributed by atoms with Gasteiger partial charge in [0.25, 0.3) is 10.0 Å². The van der Waals surface area contributed by atoms with Crippen molar-refractivity contribution in [3.05, 3.63) is 75.9 Å². The minimum atomic E-state index is -4.16. The van der Waals surface area contributed by atoms with Crippen LogP contribution in [-0.4, -0.2) is 26.1 Å². The van der Waals surface area contributed by atoms with E-state index in [1.165, 1.54) is 30.3 Å². The van der Waals surface area contributed by atoms with Gasteiger partial charge < -0.3 is 10.6 Å². The Balaban J connectivity index is 1.52. The van der Waals surface area contributed by atoms with Crippen molar-refractivity contribution < 1.29 is 27.2 Å². The first-order chi connectivity index (χ1) is 15.2. The van der Waals surface area contributed by atoms with E-state index in [0.29, 0.717) is 5.69 Å². The van der Waals surface area contributed by atoms with Crippen LogP contribution in [-0.2, 0) is 14.8 Å². The molecule has 3 aromatic rings. The van der Waals surface area contributed by atoms with Gasteiger partial charge in [-0.05, 0) is 36.4 Å². The van der Waals surface area contributed by atoms with Crippen molar-refractivity contribution in [2.24, 2.45) is 0 Å². The summed E-state index contributed by atoms with van der Waals surface area (Å²) in [5, 5.41) is 4.78. The molecule has 164 valence electrons. The summed E-state index contributed by atoms with van der Waals surface area (Å²) in [6.07, 6.45) is 0. The second-order valence-corrected chi connectivity index (χ2v) is 10.3. The molecule has 3 N–H and O–H groups in total. The molecule has 2 heterocycles. The zero-order valence-electron chi connectivity index (χ0n) is 15.9. The number of fused-ring (bicyclic) bond motifs is 1. The van der Waals surface area contributed by atoms with Gasteiger partial charge in [0, 0.05) is 16.8 Å². The number of para-hydroxylation sites is 1. The van der Waals surface area contributed by atoms with Crippen molar-refractivity contribution >= 4 is 62.1 Å². The van der Waals surface area contributed by atoms with Gasteiger partial charge in [-0.1, -0.05) is 29.8 Å². The number of amides is 3. The maximum absolute atomic E-state index is 14.8. The summed E-state index contributed by atoms with van der Waals surface area (Å²) in [7, 11) is -4.16. The zero-order chi connectivity index (χ0) is 23.0. The van der Waals surface area contributed by atoms with E-state index in [-0.39, 0.29) is 25.4 Å². The van der Waals surface area contributed by atoms with Gasteiger partial charge in [-0.15, -0.1) is 11.3 Å². The van der Waals surface area contributed by atoms with Crippen LogP contribution in [0.25, 0.3) is 0 Å². The number of halogens is 2. The molecular formula is C20H13ClFN3O5S2. The highest BCUT2D eigenvalue weighted by Crippen LogP contribution is 2.33. The number of thiophene rings is 1. The Hall–Kier alpha value is -3.28. The average Bonchev–Trinajstić information content (AvgIpc) is 3.16. The third kappa shape index (κ3) is 4.22. The van der Waals surface area contributed by atoms with E-state index in [9.17, 15) is 27.2 Å². The number of sulfonamides is 1. The van der Waals surface area contributed by atoms with E-state index < -0.39 is 39.5 Å². The number of ketones is 1. The second-order valence-electron chi connectivity index (χ2n) is 6.69. The molecule has 1 aliphatic heterocycles. The topological polar surface area (TPSA) is 121 Å². The van der Waals surface area contributed by atoms with Crippen molar-refractivity contribution in [1.82, 2.24) is 4.72 Å². The first-order valence-electron chi connectivity index (χ1n) is 8.98. The lowest BCUT2D eigenvalue weighted by molar-refractivity contribution is -0.116. The van der Waals surface area contributed by atoms with Gasteiger partial charge in [-0.3, -0.25) is 9.59 Å². The Morgan fingerprint density at radius 3 is 2.53 bits per heavy atom. The van der Waals surface area contributed by atoms with Crippen molar-refractivity contribution in [3.8, 4) is 0 Å². The highest BCUT2D eigenvalue weighted by Gasteiger charge is 2.37. The minimum Gasteiger partial charge on any atom is -0.324 e. The maximum atomic E-state index is 14.8. The molecule has 1 aliphatic rings. The molecule has 32 heavy (non-hydrogen) atoms. The molecule has 0 fully saturated rings. The number of nitrogens with one attached hydrogen (secondary N) is 3. The zero-order valence-corrected chi connectivity index (χ0v) is 18.3. The number of benzene rings is 2. The Kier molecular flexibility index (Phi) is 5.71. The molecule has 0 aliphatic carbocycles. The summed E-state index contributed by atoms with van der Waals surface area (Å²) >= 11 is 6.47. The van der Waals surface area contributed by atoms with Crippen LogP contribution >= 0.6 is 22.9 Å². The monoisotopic (exact) mass is 493 g/mol. The van der Waals surface area contributed by atoms with Crippen molar-refractivity contribution in [2.45, 2.75) is 10.1 Å². The van der Waals surface area contributed by atoms with Crippen LogP contribution in [0.15, 0.2) is 58.8 Å². The molecule has 1 aromatic heterocycles. The smallest absolute Gasteiger partial charge is 0.324 e. The van der Waals surface area contributed by atoms with Crippen molar-refractivity contribution in [1.29, 1.82) is 0 Å². The molecule has 4 rings (SSSR count). The second kappa shape index (κ2) is 8.34. The molecule has 8 nitrogen and oxygen atoms in total. The van der Waals surface area contributed by atoms with Gasteiger partial charge in [-0.2, -0.15) is 0 Å². The quantitative estimate of drug-likeness (QED) is 0.475. The summed E-state index contributed by atoms with van der Waals surface area (Å²) in [5.74, 6) is -3.53. The van der Waals surface area contributed by atoms with Gasteiger partial charge >= 0.3 is 6.03 Å². The lowest BCUT2D eigenvalue weighted by atomic mass is 9.86. The first kappa shape index (κ1) is 21.9. The number of carbonyl (C=O) groups excluding carboxylic acids is 3. The van der Waals surface area contributed by atoms with Crippen LogP contribution < -0.4 is 15.4 Å². The van der Waals surface area contributed by atoms with Crippen molar-refractivity contribution in [2.75, 3.05) is 10.6 Å². The van der Waals surface area contributed by atoms with Crippen molar-refractivity contribution in [3.63, 3.8) is 0 Å². The molecule has 0 saturated heterocycles. The number of urea groups is 1. The molecule has 2 aromatic carbocycles. The molecule has 0 saturated carbocycles. The van der Waals surface area contributed by atoms with E-state index in [0.717, 1.165) is 17.4 Å². The minimum absolute atomic E-state index is 0.0766. The highest BCUT2D eigenvalue weighted by molar-refractivity contribution is 7.92. The van der Waals surface area contributed by atoms with Gasteiger partial charge in [0.1, 0.15) is 15.9 Å². The van der Waals surface area contributed by atoms with Gasteiger partial charge in [0.2, 0.25) is 5.91 Å². The summed E-state index contributed by atoms with van der Waals surface area (Å²) in [6, 6.07) is 11.2. The highest BCUT2D eigenvalue weighted by atomic mass is 35.5. The van der Waals surface area contributed by atoms with E-state index >= 15 is 0 Å². The lowest BCUT2D eigenvalue weighted by Gasteiger charge is -2.24. The predicted octanol–water partition coefficient (Wildman–Crippen LogP) is 3.97. The lowest BCUT2D eigenvalue weighted by Crippen LogP contribution is -2.34. The Morgan fingerprint density at radius 1 is 1.09 bits per heavy atom. The predicted molar refractivity (Wildman–Crippen MR) is 117 cm³/mol. The number of anilines is 2. The number of hydrogen-bond donors (Lipinski definition) is 3. The normalized spacial score (nSPS) is 15.6. The largest absolute Gasteiger partial charge is 0.333 e. The SMILES string of the molecule is O=C(Nc1ccc(C2C(=O)Nc3ccccc3C2=O)c(F)c1)NS(=O)(=O)c1ccc(Cl)s1. The molecule has 3 amide bonds. The molecular weight excluding hydrogens is 481 g/mol. The fourth-order valence-electron chi connectivity index (χ4n) is 3.18. The number of carbonyl (C=O) groups is 3. The Bertz CT molecular complexity index is 1370. The summed E-state index contributed by atoms with van der Waals surface area (Å²) in [5.41, 5.74) is 0.361. The van der Waals surface area contributed by atoms with Gasteiger partial charge in [0.05, 0.1) is 10.0 Å². The van der Waals surface area contributed by atoms with Crippen LogP contribution in [0.3, 0.4) is 0 Å². The first-order valence-corrected chi connectivity index (χ1v) is 11.7. The molecule has 0 spiro atoms. The summed E-state index contributed by atoms with van der Waals surface area (Å²) in [4.78, 5) is 37.3. The Labute approximate surface area is 190 Å². The summed E-state index contributed by atoms with van der Waals surface area (Å²) in [6.45, 7) is 0. The number of Topliss-reactive ketones (excluding diaryl/α,β-unsaturated/α-hetero) is 1. The molecule has 12 heteroatoms. The van der Waals surface area contributed by atoms with Crippen LogP contribution in [0.2, 0.25) is 4.34 Å². The molecule has 1 unspecified atom stereocenters. The molecule has 0 radical (unpaired) electrons. The fourth-order valence-corrected chi connectivity index (χ4v) is 5.57. The molecule has 0 bridgehead atoms. The van der Waals surface area contributed by atoms with Crippen LogP contribution in [0.4, 0.5) is 20.6 Å². The van der Waals surface area contributed by atoms with E-state index in [4.69, 9.17) is 11.6 Å². The van der Waals surface area contributed by atoms with E-state index in [1.807, 2.05) is 0 Å². The van der Waals surface area contributed by atoms with E-state index in [2.05, 4.69) is 10.6 Å². The third-order valence-electron chi connectivity index (χ3n) is 4.58. The van der Waals surface area contributed by atoms with Gasteiger partial charge in [0.15, 0.2) is 5.78 Å². The number of hydrogen-bond acceptors (Lipinski definition) is 6. The van der Waals surface area contributed by atoms with Crippen LogP contribution in [0, 0.1) is 5.82 Å². The molecule has 1 atom stereocenters. The van der Waals surface area contributed by atoms with Gasteiger partial charge in [-0.25, -0.2) is 22.3 Å². The fraction of sp³-hybridized carbons (Fsp3) is 0.0500. The average molecular weight is 494 g/mol. The maximum Gasteiger partial charge on any atom is 0.333 e. The van der Waals surface area contributed by atoms with Crippen LogP contribution in [0.5, 0.6) is 0 Å². The van der Waals surface area contributed by atoms with Crippen LogP contribution in [0.1, 0.15) is 21.8 Å². The van der Waals surface area contributed by atoms with E-state index in [1.54, 1.807) is 22.9 Å².